The number of carboxylic acid groups (broad SMARTS) is 1. The van der Waals surface area contributed by atoms with Gasteiger partial charge in [-0.1, -0.05) is 11.8 Å². The maximum absolute atomic E-state index is 11.0. The molecule has 0 aromatic rings. The highest BCUT2D eigenvalue weighted by molar-refractivity contribution is 8.02. The number of hydrogen-bond donors (Lipinski definition) is 3. The van der Waals surface area contributed by atoms with Gasteiger partial charge in [0, 0.05) is 6.54 Å². The number of β-lactam (4-membered cyclic amide) rings is 1. The number of hydrogen-bond acceptors (Lipinski definition) is 5. The third-order valence-electron chi connectivity index (χ3n) is 2.54. The summed E-state index contributed by atoms with van der Waals surface area (Å²) in [5.74, 6) is -1.38. The predicted octanol–water partition coefficient (Wildman–Crippen LogP) is -1.61. The Hall–Kier alpha value is -0.790. The smallest absolute Gasteiger partial charge is 0.348 e. The molecule has 1 amide bonds. The largest absolute Gasteiger partial charge is 0.478 e. The van der Waals surface area contributed by atoms with E-state index in [0.717, 1.165) is 11.8 Å². The number of rotatable bonds is 1. The number of carbonyl (C=O) groups is 2. The van der Waals surface area contributed by atoms with Gasteiger partial charge in [-0.3, -0.25) is 4.79 Å². The second-order valence-corrected chi connectivity index (χ2v) is 4.83. The fraction of sp³-hybridized carbons (Fsp3) is 0.714. The number of fused-ring (bicyclic) bond motifs is 1. The van der Waals surface area contributed by atoms with Crippen LogP contribution in [0.4, 0.5) is 0 Å². The second-order valence-electron chi connectivity index (χ2n) is 3.43. The number of thioether (sulfide) groups is 1. The van der Waals surface area contributed by atoms with Gasteiger partial charge in [0.05, 0.1) is 17.8 Å². The maximum Gasteiger partial charge on any atom is 0.348 e. The lowest BCUT2D eigenvalue weighted by atomic mass is 10.1. The Kier molecular flexibility index (Phi) is 1.98. The summed E-state index contributed by atoms with van der Waals surface area (Å²) >= 11 is 0.840. The van der Waals surface area contributed by atoms with Crippen molar-refractivity contribution < 1.29 is 19.8 Å². The molecule has 0 bridgehead atoms. The van der Waals surface area contributed by atoms with E-state index in [1.807, 2.05) is 0 Å². The van der Waals surface area contributed by atoms with Gasteiger partial charge < -0.3 is 20.8 Å². The molecule has 2 unspecified atom stereocenters. The molecule has 4 N–H and O–H groups in total. The van der Waals surface area contributed by atoms with Gasteiger partial charge in [-0.2, -0.15) is 0 Å². The number of nitrogens with zero attached hydrogens (tertiary/aromatic N) is 1. The van der Waals surface area contributed by atoms with E-state index in [4.69, 9.17) is 10.8 Å². The molecule has 0 aromatic heterocycles. The SMILES string of the molecule is NC1CN2C(=O)C[C@H]2SC1(O)C(=O)O. The second kappa shape index (κ2) is 2.85. The summed E-state index contributed by atoms with van der Waals surface area (Å²) in [7, 11) is 0. The highest BCUT2D eigenvalue weighted by Crippen LogP contribution is 2.43. The molecule has 0 radical (unpaired) electrons. The van der Waals surface area contributed by atoms with Gasteiger partial charge >= 0.3 is 5.97 Å². The quantitative estimate of drug-likeness (QED) is 0.457. The lowest BCUT2D eigenvalue weighted by Gasteiger charge is -2.50. The Morgan fingerprint density at radius 1 is 1.71 bits per heavy atom. The van der Waals surface area contributed by atoms with Crippen LogP contribution in [0, 0.1) is 0 Å². The molecule has 0 spiro atoms. The number of carboxylic acids is 1. The molecule has 2 rings (SSSR count). The van der Waals surface area contributed by atoms with E-state index in [1.54, 1.807) is 0 Å². The summed E-state index contributed by atoms with van der Waals surface area (Å²) in [6.45, 7) is 0.110. The molecule has 2 heterocycles. The van der Waals surface area contributed by atoms with Crippen LogP contribution in [-0.4, -0.2) is 49.9 Å². The van der Waals surface area contributed by atoms with Crippen molar-refractivity contribution in [1.29, 1.82) is 0 Å². The van der Waals surface area contributed by atoms with Gasteiger partial charge in [-0.25, -0.2) is 4.79 Å². The Morgan fingerprint density at radius 2 is 2.36 bits per heavy atom. The van der Waals surface area contributed by atoms with E-state index in [1.165, 1.54) is 4.90 Å². The van der Waals surface area contributed by atoms with Gasteiger partial charge in [0.1, 0.15) is 0 Å². The molecule has 78 valence electrons. The van der Waals surface area contributed by atoms with E-state index in [-0.39, 0.29) is 24.2 Å². The molecule has 3 atom stereocenters. The summed E-state index contributed by atoms with van der Waals surface area (Å²) in [4.78, 5) is 21.3. The van der Waals surface area contributed by atoms with Crippen LogP contribution >= 0.6 is 11.8 Å². The molecule has 7 heteroatoms. The summed E-state index contributed by atoms with van der Waals surface area (Å²) in [5.41, 5.74) is 5.52. The first-order chi connectivity index (χ1) is 6.45. The predicted molar refractivity (Wildman–Crippen MR) is 48.3 cm³/mol. The molecule has 2 fully saturated rings. The standard InChI is InChI=1S/C7H10N2O4S/c8-3-2-9-4(10)1-5(9)14-7(3,13)6(11)12/h3,5,13H,1-2,8H2,(H,11,12)/t3?,5-,7?/m1/s1. The van der Waals surface area contributed by atoms with Crippen molar-refractivity contribution in [3.63, 3.8) is 0 Å². The molecular formula is C7H10N2O4S. The van der Waals surface area contributed by atoms with Gasteiger partial charge in [-0.05, 0) is 0 Å². The fourth-order valence-corrected chi connectivity index (χ4v) is 2.91. The van der Waals surface area contributed by atoms with Gasteiger partial charge in [0.2, 0.25) is 10.8 Å². The van der Waals surface area contributed by atoms with Crippen molar-refractivity contribution >= 4 is 23.6 Å². The first-order valence-electron chi connectivity index (χ1n) is 4.14. The van der Waals surface area contributed by atoms with Crippen molar-refractivity contribution in [1.82, 2.24) is 4.90 Å². The monoisotopic (exact) mass is 218 g/mol. The molecule has 2 aliphatic rings. The normalized spacial score (nSPS) is 41.6. The zero-order chi connectivity index (χ0) is 10.5. The number of nitrogens with two attached hydrogens (primary N) is 1. The van der Waals surface area contributed by atoms with Crippen LogP contribution in [-0.2, 0) is 9.59 Å². The Bertz CT molecular complexity index is 310. The number of carbonyl (C=O) groups excluding carboxylic acids is 1. The van der Waals surface area contributed by atoms with Crippen LogP contribution < -0.4 is 5.73 Å². The minimum Gasteiger partial charge on any atom is -0.478 e. The lowest BCUT2D eigenvalue weighted by molar-refractivity contribution is -0.156. The Morgan fingerprint density at radius 3 is 2.86 bits per heavy atom. The van der Waals surface area contributed by atoms with Crippen molar-refractivity contribution in [3.05, 3.63) is 0 Å². The summed E-state index contributed by atoms with van der Waals surface area (Å²) in [5, 5.41) is 18.3. The first-order valence-corrected chi connectivity index (χ1v) is 5.02. The highest BCUT2D eigenvalue weighted by atomic mass is 32.2. The van der Waals surface area contributed by atoms with E-state index in [2.05, 4.69) is 0 Å². The van der Waals surface area contributed by atoms with E-state index in [9.17, 15) is 14.7 Å². The van der Waals surface area contributed by atoms with Crippen LogP contribution in [0.2, 0.25) is 0 Å². The summed E-state index contributed by atoms with van der Waals surface area (Å²) < 4.78 is 0. The van der Waals surface area contributed by atoms with Crippen molar-refractivity contribution in [2.45, 2.75) is 22.8 Å². The average Bonchev–Trinajstić information content (AvgIpc) is 2.11. The van der Waals surface area contributed by atoms with E-state index in [0.29, 0.717) is 0 Å². The van der Waals surface area contributed by atoms with E-state index >= 15 is 0 Å². The zero-order valence-corrected chi connectivity index (χ0v) is 8.03. The van der Waals surface area contributed by atoms with Crippen LogP contribution in [0.5, 0.6) is 0 Å². The van der Waals surface area contributed by atoms with Crippen LogP contribution in [0.25, 0.3) is 0 Å². The molecule has 2 aliphatic heterocycles. The van der Waals surface area contributed by atoms with Crippen LogP contribution in [0.3, 0.4) is 0 Å². The van der Waals surface area contributed by atoms with Gasteiger partial charge in [-0.15, -0.1) is 0 Å². The molecule has 14 heavy (non-hydrogen) atoms. The van der Waals surface area contributed by atoms with Crippen LogP contribution in [0.1, 0.15) is 6.42 Å². The minimum absolute atomic E-state index is 0.0367. The van der Waals surface area contributed by atoms with Gasteiger partial charge in [0.25, 0.3) is 0 Å². The highest BCUT2D eigenvalue weighted by Gasteiger charge is 2.55. The average molecular weight is 218 g/mol. The Labute approximate surface area is 84.1 Å². The molecule has 6 nitrogen and oxygen atoms in total. The summed E-state index contributed by atoms with van der Waals surface area (Å²) in [6.07, 6.45) is 0.285. The fourth-order valence-electron chi connectivity index (χ4n) is 1.59. The van der Waals surface area contributed by atoms with Crippen LogP contribution in [0.15, 0.2) is 0 Å². The van der Waals surface area contributed by atoms with Crippen molar-refractivity contribution in [2.75, 3.05) is 6.54 Å². The molecule has 0 aliphatic carbocycles. The third kappa shape index (κ3) is 1.13. The number of aliphatic hydroxyl groups is 1. The zero-order valence-electron chi connectivity index (χ0n) is 7.21. The lowest BCUT2D eigenvalue weighted by Crippen LogP contribution is -2.68. The third-order valence-corrected chi connectivity index (χ3v) is 4.07. The first kappa shape index (κ1) is 9.75. The maximum atomic E-state index is 11.0. The Balaban J connectivity index is 2.17. The number of amides is 1. The van der Waals surface area contributed by atoms with Crippen molar-refractivity contribution in [3.8, 4) is 0 Å². The van der Waals surface area contributed by atoms with Gasteiger partial charge in [0.15, 0.2) is 0 Å². The minimum atomic E-state index is -1.96. The van der Waals surface area contributed by atoms with E-state index < -0.39 is 16.9 Å². The van der Waals surface area contributed by atoms with Crippen molar-refractivity contribution in [2.24, 2.45) is 5.73 Å². The topological polar surface area (TPSA) is 104 Å². The number of aliphatic carboxylic acids is 1. The summed E-state index contributed by atoms with van der Waals surface area (Å²) in [6, 6.07) is -0.939. The molecular weight excluding hydrogens is 208 g/mol. The molecule has 0 aromatic carbocycles. The molecule has 0 saturated carbocycles. The molecule has 2 saturated heterocycles.